The summed E-state index contributed by atoms with van der Waals surface area (Å²) in [5.41, 5.74) is 2.49. The lowest BCUT2D eigenvalue weighted by Crippen LogP contribution is -2.46. The molecule has 1 saturated heterocycles. The molecule has 1 fully saturated rings. The SMILES string of the molecule is Cc1ccncc1CNC1CCC(=O)N(C)C1. The molecule has 2 heterocycles. The molecule has 2 rings (SSSR count). The van der Waals surface area contributed by atoms with Crippen LogP contribution in [0, 0.1) is 6.92 Å². The number of aryl methyl sites for hydroxylation is 1. The number of aromatic nitrogens is 1. The molecule has 4 heteroatoms. The van der Waals surface area contributed by atoms with Gasteiger partial charge in [0.1, 0.15) is 0 Å². The van der Waals surface area contributed by atoms with Gasteiger partial charge in [0.15, 0.2) is 0 Å². The zero-order chi connectivity index (χ0) is 12.3. The average molecular weight is 233 g/mol. The van der Waals surface area contributed by atoms with E-state index >= 15 is 0 Å². The summed E-state index contributed by atoms with van der Waals surface area (Å²) in [6.45, 7) is 3.72. The van der Waals surface area contributed by atoms with Gasteiger partial charge in [0, 0.05) is 45.0 Å². The van der Waals surface area contributed by atoms with Gasteiger partial charge >= 0.3 is 0 Å². The van der Waals surface area contributed by atoms with Crippen molar-refractivity contribution in [3.05, 3.63) is 29.6 Å². The van der Waals surface area contributed by atoms with Crippen molar-refractivity contribution in [2.75, 3.05) is 13.6 Å². The van der Waals surface area contributed by atoms with Crippen LogP contribution in [0.2, 0.25) is 0 Å². The predicted molar refractivity (Wildman–Crippen MR) is 66.5 cm³/mol. The van der Waals surface area contributed by atoms with E-state index in [9.17, 15) is 4.79 Å². The number of carbonyl (C=O) groups excluding carboxylic acids is 1. The molecule has 1 N–H and O–H groups in total. The number of hydrogen-bond donors (Lipinski definition) is 1. The van der Waals surface area contributed by atoms with Gasteiger partial charge in [-0.25, -0.2) is 0 Å². The number of likely N-dealkylation sites (tertiary alicyclic amines) is 1. The van der Waals surface area contributed by atoms with Crippen LogP contribution in [0.3, 0.4) is 0 Å². The van der Waals surface area contributed by atoms with Crippen molar-refractivity contribution in [3.8, 4) is 0 Å². The highest BCUT2D eigenvalue weighted by Crippen LogP contribution is 2.11. The molecular formula is C13H19N3O. The van der Waals surface area contributed by atoms with Crippen LogP contribution < -0.4 is 5.32 Å². The van der Waals surface area contributed by atoms with Gasteiger partial charge in [-0.1, -0.05) is 0 Å². The van der Waals surface area contributed by atoms with E-state index in [-0.39, 0.29) is 5.91 Å². The molecule has 1 amide bonds. The fraction of sp³-hybridized carbons (Fsp3) is 0.538. The number of pyridine rings is 1. The first-order valence-corrected chi connectivity index (χ1v) is 6.03. The standard InChI is InChI=1S/C13H19N3O/c1-10-5-6-14-7-11(10)8-15-12-3-4-13(17)16(2)9-12/h5-7,12,15H,3-4,8-9H2,1-2H3. The highest BCUT2D eigenvalue weighted by Gasteiger charge is 2.22. The smallest absolute Gasteiger partial charge is 0.222 e. The van der Waals surface area contributed by atoms with Crippen LogP contribution >= 0.6 is 0 Å². The van der Waals surface area contributed by atoms with Crippen LogP contribution in [0.5, 0.6) is 0 Å². The Balaban J connectivity index is 1.87. The Morgan fingerprint density at radius 1 is 1.59 bits per heavy atom. The summed E-state index contributed by atoms with van der Waals surface area (Å²) in [6, 6.07) is 2.42. The molecule has 0 bridgehead atoms. The van der Waals surface area contributed by atoms with E-state index in [2.05, 4.69) is 17.2 Å². The third kappa shape index (κ3) is 3.03. The summed E-state index contributed by atoms with van der Waals surface area (Å²) in [7, 11) is 1.87. The molecule has 17 heavy (non-hydrogen) atoms. The molecule has 1 aromatic rings. The van der Waals surface area contributed by atoms with Crippen LogP contribution in [0.25, 0.3) is 0 Å². The van der Waals surface area contributed by atoms with Gasteiger partial charge in [-0.05, 0) is 30.5 Å². The number of piperidine rings is 1. The van der Waals surface area contributed by atoms with E-state index < -0.39 is 0 Å². The normalized spacial score (nSPS) is 20.7. The second-order valence-electron chi connectivity index (χ2n) is 4.69. The molecule has 0 radical (unpaired) electrons. The summed E-state index contributed by atoms with van der Waals surface area (Å²) in [5, 5.41) is 3.50. The van der Waals surface area contributed by atoms with Gasteiger partial charge in [0.2, 0.25) is 5.91 Å². The Morgan fingerprint density at radius 2 is 2.41 bits per heavy atom. The molecule has 1 unspecified atom stereocenters. The molecule has 1 aromatic heterocycles. The number of amides is 1. The Hall–Kier alpha value is -1.42. The van der Waals surface area contributed by atoms with Gasteiger partial charge in [-0.15, -0.1) is 0 Å². The predicted octanol–water partition coefficient (Wildman–Crippen LogP) is 1.10. The van der Waals surface area contributed by atoms with Gasteiger partial charge in [-0.2, -0.15) is 0 Å². The monoisotopic (exact) mass is 233 g/mol. The molecular weight excluding hydrogens is 214 g/mol. The zero-order valence-electron chi connectivity index (χ0n) is 10.4. The fourth-order valence-electron chi connectivity index (χ4n) is 2.11. The third-order valence-corrected chi connectivity index (χ3v) is 3.36. The van der Waals surface area contributed by atoms with Crippen LogP contribution in [-0.4, -0.2) is 35.4 Å². The van der Waals surface area contributed by atoms with Gasteiger partial charge in [0.05, 0.1) is 0 Å². The van der Waals surface area contributed by atoms with Crippen molar-refractivity contribution in [1.82, 2.24) is 15.2 Å². The van der Waals surface area contributed by atoms with E-state index in [0.717, 1.165) is 19.5 Å². The first-order valence-electron chi connectivity index (χ1n) is 6.03. The van der Waals surface area contributed by atoms with Crippen molar-refractivity contribution < 1.29 is 4.79 Å². The second kappa shape index (κ2) is 5.27. The maximum absolute atomic E-state index is 11.4. The lowest BCUT2D eigenvalue weighted by atomic mass is 10.0. The zero-order valence-corrected chi connectivity index (χ0v) is 10.4. The van der Waals surface area contributed by atoms with E-state index in [1.165, 1.54) is 11.1 Å². The molecule has 1 aliphatic heterocycles. The number of carbonyl (C=O) groups is 1. The van der Waals surface area contributed by atoms with Crippen molar-refractivity contribution in [2.24, 2.45) is 0 Å². The molecule has 92 valence electrons. The average Bonchev–Trinajstić information content (AvgIpc) is 2.32. The van der Waals surface area contributed by atoms with E-state index in [0.29, 0.717) is 12.5 Å². The Kier molecular flexibility index (Phi) is 3.74. The summed E-state index contributed by atoms with van der Waals surface area (Å²) in [4.78, 5) is 17.3. The largest absolute Gasteiger partial charge is 0.344 e. The summed E-state index contributed by atoms with van der Waals surface area (Å²) in [5.74, 6) is 0.251. The lowest BCUT2D eigenvalue weighted by molar-refractivity contribution is -0.132. The van der Waals surface area contributed by atoms with Crippen LogP contribution in [0.1, 0.15) is 24.0 Å². The maximum Gasteiger partial charge on any atom is 0.222 e. The summed E-state index contributed by atoms with van der Waals surface area (Å²) >= 11 is 0. The van der Waals surface area contributed by atoms with E-state index in [1.807, 2.05) is 25.5 Å². The van der Waals surface area contributed by atoms with Crippen molar-refractivity contribution >= 4 is 5.91 Å². The van der Waals surface area contributed by atoms with Crippen molar-refractivity contribution in [2.45, 2.75) is 32.4 Å². The highest BCUT2D eigenvalue weighted by atomic mass is 16.2. The molecule has 0 saturated carbocycles. The first-order chi connectivity index (χ1) is 8.16. The molecule has 4 nitrogen and oxygen atoms in total. The van der Waals surface area contributed by atoms with E-state index in [1.54, 1.807) is 4.90 Å². The fourth-order valence-corrected chi connectivity index (χ4v) is 2.11. The number of hydrogen-bond acceptors (Lipinski definition) is 3. The molecule has 0 aromatic carbocycles. The van der Waals surface area contributed by atoms with Crippen LogP contribution in [0.4, 0.5) is 0 Å². The first kappa shape index (κ1) is 12.0. The Bertz CT molecular complexity index is 405. The minimum absolute atomic E-state index is 0.251. The van der Waals surface area contributed by atoms with Crippen LogP contribution in [0.15, 0.2) is 18.5 Å². The van der Waals surface area contributed by atoms with Crippen molar-refractivity contribution in [1.29, 1.82) is 0 Å². The number of rotatable bonds is 3. The maximum atomic E-state index is 11.4. The number of likely N-dealkylation sites (N-methyl/N-ethyl adjacent to an activating group) is 1. The van der Waals surface area contributed by atoms with Gasteiger partial charge in [-0.3, -0.25) is 9.78 Å². The molecule has 0 aliphatic carbocycles. The third-order valence-electron chi connectivity index (χ3n) is 3.36. The lowest BCUT2D eigenvalue weighted by Gasteiger charge is -2.30. The topological polar surface area (TPSA) is 45.2 Å². The minimum atomic E-state index is 0.251. The number of nitrogens with zero attached hydrogens (tertiary/aromatic N) is 2. The highest BCUT2D eigenvalue weighted by molar-refractivity contribution is 5.76. The Labute approximate surface area is 102 Å². The van der Waals surface area contributed by atoms with Gasteiger partial charge < -0.3 is 10.2 Å². The summed E-state index contributed by atoms with van der Waals surface area (Å²) < 4.78 is 0. The number of nitrogens with one attached hydrogen (secondary N) is 1. The van der Waals surface area contributed by atoms with Gasteiger partial charge in [0.25, 0.3) is 0 Å². The van der Waals surface area contributed by atoms with Crippen molar-refractivity contribution in [3.63, 3.8) is 0 Å². The summed E-state index contributed by atoms with van der Waals surface area (Å²) in [6.07, 6.45) is 5.30. The minimum Gasteiger partial charge on any atom is -0.344 e. The molecule has 0 spiro atoms. The molecule has 1 aliphatic rings. The quantitative estimate of drug-likeness (QED) is 0.850. The second-order valence-corrected chi connectivity index (χ2v) is 4.69. The molecule has 1 atom stereocenters. The van der Waals surface area contributed by atoms with E-state index in [4.69, 9.17) is 0 Å². The Morgan fingerprint density at radius 3 is 3.12 bits per heavy atom. The van der Waals surface area contributed by atoms with Crippen LogP contribution in [-0.2, 0) is 11.3 Å².